The van der Waals surface area contributed by atoms with Crippen LogP contribution in [0.3, 0.4) is 0 Å². The van der Waals surface area contributed by atoms with Gasteiger partial charge in [0.05, 0.1) is 0 Å². The number of anilines is 1. The fourth-order valence-electron chi connectivity index (χ4n) is 2.77. The van der Waals surface area contributed by atoms with Gasteiger partial charge in [0, 0.05) is 35.4 Å². The SMILES string of the molecule is CCN(CCc1ccc(Cl)cc1)c1ccnc2c(F)cccc12. The molecular weight excluding hydrogens is 311 g/mol. The molecule has 0 spiro atoms. The molecule has 0 fully saturated rings. The first-order chi connectivity index (χ1) is 11.2. The summed E-state index contributed by atoms with van der Waals surface area (Å²) in [5.41, 5.74) is 2.68. The number of hydrogen-bond donors (Lipinski definition) is 0. The molecule has 0 aliphatic rings. The van der Waals surface area contributed by atoms with Gasteiger partial charge < -0.3 is 4.90 Å². The number of fused-ring (bicyclic) bond motifs is 1. The first kappa shape index (κ1) is 15.8. The molecule has 0 atom stereocenters. The van der Waals surface area contributed by atoms with Crippen molar-refractivity contribution in [3.8, 4) is 0 Å². The molecule has 0 bridgehead atoms. The Hall–Kier alpha value is -2.13. The molecule has 0 unspecified atom stereocenters. The van der Waals surface area contributed by atoms with E-state index in [0.717, 1.165) is 35.6 Å². The largest absolute Gasteiger partial charge is 0.371 e. The van der Waals surface area contributed by atoms with Crippen molar-refractivity contribution in [2.45, 2.75) is 13.3 Å². The number of pyridine rings is 1. The second-order valence-corrected chi connectivity index (χ2v) is 5.86. The van der Waals surface area contributed by atoms with Gasteiger partial charge in [-0.15, -0.1) is 0 Å². The lowest BCUT2D eigenvalue weighted by Gasteiger charge is -2.24. The summed E-state index contributed by atoms with van der Waals surface area (Å²) in [6.07, 6.45) is 2.58. The smallest absolute Gasteiger partial charge is 0.149 e. The molecule has 0 amide bonds. The van der Waals surface area contributed by atoms with E-state index in [1.807, 2.05) is 36.4 Å². The minimum absolute atomic E-state index is 0.280. The molecule has 0 aliphatic carbocycles. The number of aromatic nitrogens is 1. The normalized spacial score (nSPS) is 10.9. The van der Waals surface area contributed by atoms with Crippen molar-refractivity contribution in [3.63, 3.8) is 0 Å². The molecule has 2 aromatic carbocycles. The minimum atomic E-state index is -0.280. The molecule has 118 valence electrons. The van der Waals surface area contributed by atoms with Crippen LogP contribution in [-0.4, -0.2) is 18.1 Å². The van der Waals surface area contributed by atoms with Crippen molar-refractivity contribution in [3.05, 3.63) is 71.1 Å². The van der Waals surface area contributed by atoms with E-state index in [9.17, 15) is 4.39 Å². The van der Waals surface area contributed by atoms with Gasteiger partial charge >= 0.3 is 0 Å². The van der Waals surface area contributed by atoms with Crippen LogP contribution in [0, 0.1) is 5.82 Å². The standard InChI is InChI=1S/C19H18ClFN2/c1-2-23(13-11-14-6-8-15(20)9-7-14)18-10-12-22-19-16(18)4-3-5-17(19)21/h3-10,12H,2,11,13H2,1H3. The van der Waals surface area contributed by atoms with E-state index >= 15 is 0 Å². The van der Waals surface area contributed by atoms with E-state index in [1.165, 1.54) is 11.6 Å². The van der Waals surface area contributed by atoms with Gasteiger partial charge in [-0.2, -0.15) is 0 Å². The third-order valence-electron chi connectivity index (χ3n) is 4.00. The predicted octanol–water partition coefficient (Wildman–Crippen LogP) is 5.10. The Morgan fingerprint density at radius 3 is 2.61 bits per heavy atom. The molecule has 1 heterocycles. The molecule has 3 rings (SSSR count). The van der Waals surface area contributed by atoms with Crippen LogP contribution in [0.25, 0.3) is 10.9 Å². The second-order valence-electron chi connectivity index (χ2n) is 5.42. The summed E-state index contributed by atoms with van der Waals surface area (Å²) >= 11 is 5.92. The number of para-hydroxylation sites is 1. The van der Waals surface area contributed by atoms with E-state index in [4.69, 9.17) is 11.6 Å². The number of hydrogen-bond acceptors (Lipinski definition) is 2. The lowest BCUT2D eigenvalue weighted by atomic mass is 10.1. The molecule has 3 aromatic rings. The topological polar surface area (TPSA) is 16.1 Å². The monoisotopic (exact) mass is 328 g/mol. The van der Waals surface area contributed by atoms with Crippen molar-refractivity contribution in [2.75, 3.05) is 18.0 Å². The van der Waals surface area contributed by atoms with Gasteiger partial charge in [-0.05, 0) is 43.2 Å². The summed E-state index contributed by atoms with van der Waals surface area (Å²) < 4.78 is 13.9. The number of likely N-dealkylation sites (N-methyl/N-ethyl adjacent to an activating group) is 1. The van der Waals surface area contributed by atoms with E-state index in [-0.39, 0.29) is 5.82 Å². The quantitative estimate of drug-likeness (QED) is 0.648. The van der Waals surface area contributed by atoms with Crippen molar-refractivity contribution in [1.82, 2.24) is 4.98 Å². The molecule has 4 heteroatoms. The van der Waals surface area contributed by atoms with Crippen molar-refractivity contribution >= 4 is 28.2 Å². The first-order valence-corrected chi connectivity index (χ1v) is 8.09. The van der Waals surface area contributed by atoms with Crippen LogP contribution in [0.4, 0.5) is 10.1 Å². The molecule has 0 saturated heterocycles. The Labute approximate surface area is 140 Å². The van der Waals surface area contributed by atoms with Gasteiger partial charge in [-0.1, -0.05) is 35.9 Å². The fraction of sp³-hybridized carbons (Fsp3) is 0.211. The van der Waals surface area contributed by atoms with Gasteiger partial charge in [0.25, 0.3) is 0 Å². The van der Waals surface area contributed by atoms with Crippen LogP contribution < -0.4 is 4.90 Å². The highest BCUT2D eigenvalue weighted by atomic mass is 35.5. The van der Waals surface area contributed by atoms with Crippen LogP contribution >= 0.6 is 11.6 Å². The van der Waals surface area contributed by atoms with Crippen molar-refractivity contribution in [2.24, 2.45) is 0 Å². The summed E-state index contributed by atoms with van der Waals surface area (Å²) in [5, 5.41) is 1.60. The zero-order valence-corrected chi connectivity index (χ0v) is 13.7. The summed E-state index contributed by atoms with van der Waals surface area (Å²) in [7, 11) is 0. The third kappa shape index (κ3) is 3.45. The third-order valence-corrected chi connectivity index (χ3v) is 4.26. The highest BCUT2D eigenvalue weighted by Crippen LogP contribution is 2.27. The van der Waals surface area contributed by atoms with E-state index < -0.39 is 0 Å². The molecule has 0 radical (unpaired) electrons. The zero-order chi connectivity index (χ0) is 16.2. The van der Waals surface area contributed by atoms with E-state index in [1.54, 1.807) is 12.3 Å². The van der Waals surface area contributed by atoms with Crippen LogP contribution in [0.1, 0.15) is 12.5 Å². The summed E-state index contributed by atoms with van der Waals surface area (Å²) in [5.74, 6) is -0.280. The predicted molar refractivity (Wildman–Crippen MR) is 94.7 cm³/mol. The van der Waals surface area contributed by atoms with Crippen LogP contribution in [0.2, 0.25) is 5.02 Å². The Balaban J connectivity index is 1.86. The van der Waals surface area contributed by atoms with Crippen molar-refractivity contribution < 1.29 is 4.39 Å². The van der Waals surface area contributed by atoms with Gasteiger partial charge in [0.15, 0.2) is 0 Å². The van der Waals surface area contributed by atoms with Crippen LogP contribution in [0.5, 0.6) is 0 Å². The van der Waals surface area contributed by atoms with Gasteiger partial charge in [-0.25, -0.2) is 4.39 Å². The number of rotatable bonds is 5. The molecule has 0 saturated carbocycles. The number of halogens is 2. The number of nitrogens with zero attached hydrogens (tertiary/aromatic N) is 2. The summed E-state index contributed by atoms with van der Waals surface area (Å²) in [6.45, 7) is 3.81. The van der Waals surface area contributed by atoms with Crippen LogP contribution in [-0.2, 0) is 6.42 Å². The maximum atomic E-state index is 13.9. The lowest BCUT2D eigenvalue weighted by Crippen LogP contribution is -2.25. The fourth-order valence-corrected chi connectivity index (χ4v) is 2.89. The zero-order valence-electron chi connectivity index (χ0n) is 13.0. The maximum Gasteiger partial charge on any atom is 0.149 e. The van der Waals surface area contributed by atoms with Crippen LogP contribution in [0.15, 0.2) is 54.7 Å². The maximum absolute atomic E-state index is 13.9. The first-order valence-electron chi connectivity index (χ1n) is 7.71. The molecule has 23 heavy (non-hydrogen) atoms. The molecule has 0 aliphatic heterocycles. The summed E-state index contributed by atoms with van der Waals surface area (Å²) in [6, 6.07) is 15.0. The average Bonchev–Trinajstić information content (AvgIpc) is 2.58. The van der Waals surface area contributed by atoms with Crippen molar-refractivity contribution in [1.29, 1.82) is 0 Å². The Morgan fingerprint density at radius 1 is 1.09 bits per heavy atom. The number of benzene rings is 2. The molecule has 2 nitrogen and oxygen atoms in total. The minimum Gasteiger partial charge on any atom is -0.371 e. The van der Waals surface area contributed by atoms with Gasteiger partial charge in [-0.3, -0.25) is 4.98 Å². The van der Waals surface area contributed by atoms with E-state index in [0.29, 0.717) is 5.52 Å². The van der Waals surface area contributed by atoms with Gasteiger partial charge in [0.2, 0.25) is 0 Å². The second kappa shape index (κ2) is 6.97. The van der Waals surface area contributed by atoms with Gasteiger partial charge in [0.1, 0.15) is 11.3 Å². The molecule has 0 N–H and O–H groups in total. The molecular formula is C19H18ClFN2. The summed E-state index contributed by atoms with van der Waals surface area (Å²) in [4.78, 5) is 6.42. The highest BCUT2D eigenvalue weighted by Gasteiger charge is 2.11. The lowest BCUT2D eigenvalue weighted by molar-refractivity contribution is 0.636. The molecule has 1 aromatic heterocycles. The Bertz CT molecular complexity index is 802. The Kier molecular flexibility index (Phi) is 4.77. The Morgan fingerprint density at radius 2 is 1.87 bits per heavy atom. The van der Waals surface area contributed by atoms with E-state index in [2.05, 4.69) is 16.8 Å². The highest BCUT2D eigenvalue weighted by molar-refractivity contribution is 6.30. The average molecular weight is 329 g/mol.